The van der Waals surface area contributed by atoms with Crippen LogP contribution in [0.2, 0.25) is 0 Å². The summed E-state index contributed by atoms with van der Waals surface area (Å²) in [5.74, 6) is 0. The third-order valence-corrected chi connectivity index (χ3v) is 4.39. The summed E-state index contributed by atoms with van der Waals surface area (Å²) in [7, 11) is 0. The summed E-state index contributed by atoms with van der Waals surface area (Å²) in [5, 5.41) is 4.55. The lowest BCUT2D eigenvalue weighted by molar-refractivity contribution is 0.0664. The van der Waals surface area contributed by atoms with Crippen molar-refractivity contribution in [3.8, 4) is 0 Å². The van der Waals surface area contributed by atoms with Gasteiger partial charge in [0, 0.05) is 32.8 Å². The van der Waals surface area contributed by atoms with Crippen molar-refractivity contribution in [3.63, 3.8) is 0 Å². The molecule has 0 radical (unpaired) electrons. The third-order valence-electron chi connectivity index (χ3n) is 3.36. The average Bonchev–Trinajstić information content (AvgIpc) is 2.53. The maximum Gasteiger partial charge on any atom is 0.0739 e. The van der Waals surface area contributed by atoms with Crippen LogP contribution in [0.5, 0.6) is 0 Å². The van der Waals surface area contributed by atoms with E-state index in [1.807, 2.05) is 6.92 Å². The van der Waals surface area contributed by atoms with Gasteiger partial charge in [0.25, 0.3) is 0 Å². The molecule has 0 aliphatic carbocycles. The van der Waals surface area contributed by atoms with Gasteiger partial charge in [0.2, 0.25) is 0 Å². The van der Waals surface area contributed by atoms with Crippen molar-refractivity contribution < 1.29 is 4.74 Å². The lowest BCUT2D eigenvalue weighted by Gasteiger charge is -2.22. The minimum atomic E-state index is 0.324. The first-order chi connectivity index (χ1) is 8.61. The minimum Gasteiger partial charge on any atom is -0.377 e. The zero-order valence-electron chi connectivity index (χ0n) is 11.4. The molecule has 1 fully saturated rings. The molecule has 2 rings (SSSR count). The summed E-state index contributed by atoms with van der Waals surface area (Å²) in [5.41, 5.74) is 2.36. The molecule has 0 aromatic carbocycles. The van der Waals surface area contributed by atoms with E-state index in [1.54, 1.807) is 0 Å². The van der Waals surface area contributed by atoms with Gasteiger partial charge in [-0.2, -0.15) is 5.10 Å². The SMILES string of the molecule is CCn1nc(C)c(Br)c1CN1CCCOC(C)C1. The summed E-state index contributed by atoms with van der Waals surface area (Å²) in [6, 6.07) is 0. The van der Waals surface area contributed by atoms with Crippen LogP contribution in [0.1, 0.15) is 31.7 Å². The van der Waals surface area contributed by atoms with E-state index in [2.05, 4.69) is 44.5 Å². The number of rotatable bonds is 3. The van der Waals surface area contributed by atoms with Crippen LogP contribution >= 0.6 is 15.9 Å². The molecule has 0 saturated carbocycles. The van der Waals surface area contributed by atoms with Gasteiger partial charge in [-0.05, 0) is 43.1 Å². The fraction of sp³-hybridized carbons (Fsp3) is 0.769. The second-order valence-corrected chi connectivity index (χ2v) is 5.72. The van der Waals surface area contributed by atoms with E-state index in [9.17, 15) is 0 Å². The number of aromatic nitrogens is 2. The predicted molar refractivity (Wildman–Crippen MR) is 75.6 cm³/mol. The summed E-state index contributed by atoms with van der Waals surface area (Å²) < 4.78 is 8.93. The predicted octanol–water partition coefficient (Wildman–Crippen LogP) is 2.58. The van der Waals surface area contributed by atoms with E-state index in [-0.39, 0.29) is 0 Å². The van der Waals surface area contributed by atoms with Crippen LogP contribution in [0.3, 0.4) is 0 Å². The minimum absolute atomic E-state index is 0.324. The fourth-order valence-corrected chi connectivity index (χ4v) is 2.87. The van der Waals surface area contributed by atoms with Crippen LogP contribution in [0.4, 0.5) is 0 Å². The van der Waals surface area contributed by atoms with Crippen molar-refractivity contribution in [2.45, 2.75) is 46.4 Å². The van der Waals surface area contributed by atoms with Gasteiger partial charge in [0.05, 0.1) is 22.0 Å². The number of halogens is 1. The molecule has 18 heavy (non-hydrogen) atoms. The maximum atomic E-state index is 5.69. The van der Waals surface area contributed by atoms with Gasteiger partial charge in [-0.3, -0.25) is 9.58 Å². The number of ether oxygens (including phenoxy) is 1. The third kappa shape index (κ3) is 3.13. The van der Waals surface area contributed by atoms with E-state index < -0.39 is 0 Å². The molecule has 2 heterocycles. The maximum absolute atomic E-state index is 5.69. The Balaban J connectivity index is 2.12. The monoisotopic (exact) mass is 315 g/mol. The highest BCUT2D eigenvalue weighted by Gasteiger charge is 2.19. The molecule has 1 saturated heterocycles. The molecule has 1 aliphatic heterocycles. The lowest BCUT2D eigenvalue weighted by atomic mass is 10.3. The highest BCUT2D eigenvalue weighted by Crippen LogP contribution is 2.23. The number of nitrogens with zero attached hydrogens (tertiary/aromatic N) is 3. The highest BCUT2D eigenvalue weighted by molar-refractivity contribution is 9.10. The van der Waals surface area contributed by atoms with Crippen LogP contribution in [0.25, 0.3) is 0 Å². The Labute approximate surface area is 117 Å². The number of hydrogen-bond acceptors (Lipinski definition) is 3. The fourth-order valence-electron chi connectivity index (χ4n) is 2.46. The van der Waals surface area contributed by atoms with E-state index >= 15 is 0 Å². The first-order valence-corrected chi connectivity index (χ1v) is 7.46. The van der Waals surface area contributed by atoms with Crippen molar-refractivity contribution in [2.75, 3.05) is 19.7 Å². The van der Waals surface area contributed by atoms with Crippen molar-refractivity contribution >= 4 is 15.9 Å². The van der Waals surface area contributed by atoms with E-state index in [1.165, 1.54) is 5.69 Å². The molecule has 1 aromatic heterocycles. The van der Waals surface area contributed by atoms with Crippen LogP contribution < -0.4 is 0 Å². The second-order valence-electron chi connectivity index (χ2n) is 4.93. The quantitative estimate of drug-likeness (QED) is 0.859. The van der Waals surface area contributed by atoms with Gasteiger partial charge in [0.1, 0.15) is 0 Å². The molecular weight excluding hydrogens is 294 g/mol. The smallest absolute Gasteiger partial charge is 0.0739 e. The molecule has 4 nitrogen and oxygen atoms in total. The van der Waals surface area contributed by atoms with Gasteiger partial charge in [-0.15, -0.1) is 0 Å². The molecule has 1 unspecified atom stereocenters. The first kappa shape index (κ1) is 14.0. The van der Waals surface area contributed by atoms with Gasteiger partial charge in [-0.1, -0.05) is 0 Å². The molecule has 0 bridgehead atoms. The largest absolute Gasteiger partial charge is 0.377 e. The molecule has 1 aromatic rings. The molecule has 102 valence electrons. The molecule has 1 aliphatic rings. The van der Waals surface area contributed by atoms with Crippen LogP contribution in [-0.2, 0) is 17.8 Å². The van der Waals surface area contributed by atoms with Gasteiger partial charge >= 0.3 is 0 Å². The van der Waals surface area contributed by atoms with E-state index in [0.29, 0.717) is 6.10 Å². The number of aryl methyl sites for hydroxylation is 2. The summed E-state index contributed by atoms with van der Waals surface area (Å²) in [4.78, 5) is 2.46. The lowest BCUT2D eigenvalue weighted by Crippen LogP contribution is -2.30. The summed E-state index contributed by atoms with van der Waals surface area (Å²) in [6.45, 7) is 11.2. The van der Waals surface area contributed by atoms with Crippen molar-refractivity contribution in [1.29, 1.82) is 0 Å². The normalized spacial score (nSPS) is 22.1. The van der Waals surface area contributed by atoms with Crippen LogP contribution in [0.15, 0.2) is 4.47 Å². The molecule has 1 atom stereocenters. The Morgan fingerprint density at radius 3 is 3.00 bits per heavy atom. The van der Waals surface area contributed by atoms with Crippen LogP contribution in [0, 0.1) is 6.92 Å². The highest BCUT2D eigenvalue weighted by atomic mass is 79.9. The van der Waals surface area contributed by atoms with Crippen molar-refractivity contribution in [2.24, 2.45) is 0 Å². The van der Waals surface area contributed by atoms with Gasteiger partial charge in [0.15, 0.2) is 0 Å². The Morgan fingerprint density at radius 1 is 1.50 bits per heavy atom. The zero-order valence-corrected chi connectivity index (χ0v) is 13.0. The standard InChI is InChI=1S/C13H22BrN3O/c1-4-17-12(13(14)11(3)15-17)9-16-6-5-7-18-10(2)8-16/h10H,4-9H2,1-3H3. The second kappa shape index (κ2) is 6.17. The molecule has 0 spiro atoms. The van der Waals surface area contributed by atoms with Crippen molar-refractivity contribution in [3.05, 3.63) is 15.9 Å². The topological polar surface area (TPSA) is 30.3 Å². The summed E-state index contributed by atoms with van der Waals surface area (Å²) in [6.07, 6.45) is 1.44. The zero-order chi connectivity index (χ0) is 13.1. The van der Waals surface area contributed by atoms with Crippen molar-refractivity contribution in [1.82, 2.24) is 14.7 Å². The van der Waals surface area contributed by atoms with E-state index in [4.69, 9.17) is 4.74 Å². The number of hydrogen-bond donors (Lipinski definition) is 0. The first-order valence-electron chi connectivity index (χ1n) is 6.67. The van der Waals surface area contributed by atoms with E-state index in [0.717, 1.165) is 49.4 Å². The van der Waals surface area contributed by atoms with Crippen LogP contribution in [-0.4, -0.2) is 40.5 Å². The Morgan fingerprint density at radius 2 is 2.28 bits per heavy atom. The molecule has 5 heteroatoms. The molecular formula is C13H22BrN3O. The molecule has 0 N–H and O–H groups in total. The average molecular weight is 316 g/mol. The Bertz CT molecular complexity index is 405. The van der Waals surface area contributed by atoms with Gasteiger partial charge in [-0.25, -0.2) is 0 Å². The Hall–Kier alpha value is -0.390. The molecule has 0 amide bonds. The Kier molecular flexibility index (Phi) is 4.81. The van der Waals surface area contributed by atoms with Gasteiger partial charge < -0.3 is 4.74 Å². The summed E-state index contributed by atoms with van der Waals surface area (Å²) >= 11 is 3.66.